The maximum absolute atomic E-state index is 11.6. The van der Waals surface area contributed by atoms with E-state index in [9.17, 15) is 4.79 Å². The predicted octanol–water partition coefficient (Wildman–Crippen LogP) is 2.23. The van der Waals surface area contributed by atoms with Crippen LogP contribution < -0.4 is 10.2 Å². The van der Waals surface area contributed by atoms with E-state index in [1.165, 1.54) is 0 Å². The molecule has 1 amide bonds. The van der Waals surface area contributed by atoms with E-state index >= 15 is 0 Å². The third-order valence-electron chi connectivity index (χ3n) is 2.39. The summed E-state index contributed by atoms with van der Waals surface area (Å²) in [5.41, 5.74) is 1.92. The van der Waals surface area contributed by atoms with Crippen LogP contribution in [0, 0.1) is 0 Å². The molecule has 0 spiro atoms. The maximum Gasteiger partial charge on any atom is 0.248 e. The zero-order valence-electron chi connectivity index (χ0n) is 8.04. The van der Waals surface area contributed by atoms with E-state index < -0.39 is 0 Å². The van der Waals surface area contributed by atoms with Crippen molar-refractivity contribution in [3.05, 3.63) is 22.7 Å². The summed E-state index contributed by atoms with van der Waals surface area (Å²) < 4.78 is 0.979. The van der Waals surface area contributed by atoms with Crippen LogP contribution in [0.15, 0.2) is 22.7 Å². The molecule has 0 saturated carbocycles. The van der Waals surface area contributed by atoms with Crippen LogP contribution in [0.4, 0.5) is 11.4 Å². The van der Waals surface area contributed by atoms with Crippen molar-refractivity contribution in [1.82, 2.24) is 0 Å². The molecule has 1 unspecified atom stereocenters. The number of anilines is 2. The summed E-state index contributed by atoms with van der Waals surface area (Å²) in [4.78, 5) is 13.3. The molecule has 0 fully saturated rings. The number of amides is 1. The van der Waals surface area contributed by atoms with Gasteiger partial charge in [0.2, 0.25) is 5.91 Å². The topological polar surface area (TPSA) is 32.3 Å². The standard InChI is InChI=1S/C10H11BrN2O/c1-6-10(14)13(2)9-5-7(11)3-4-8(9)12-6/h3-6,12H,1-2H3. The maximum atomic E-state index is 11.6. The van der Waals surface area contributed by atoms with E-state index in [4.69, 9.17) is 0 Å². The monoisotopic (exact) mass is 254 g/mol. The van der Waals surface area contributed by atoms with Crippen molar-refractivity contribution in [2.75, 3.05) is 17.3 Å². The third kappa shape index (κ3) is 1.39. The number of likely N-dealkylation sites (N-methyl/N-ethyl adjacent to an activating group) is 1. The molecular formula is C10H11BrN2O. The van der Waals surface area contributed by atoms with E-state index in [2.05, 4.69) is 21.2 Å². The summed E-state index contributed by atoms with van der Waals surface area (Å²) in [6.07, 6.45) is 0. The van der Waals surface area contributed by atoms with Crippen LogP contribution in [0.5, 0.6) is 0 Å². The van der Waals surface area contributed by atoms with E-state index in [1.807, 2.05) is 25.1 Å². The highest BCUT2D eigenvalue weighted by molar-refractivity contribution is 9.10. The second-order valence-corrected chi connectivity index (χ2v) is 4.34. The molecule has 14 heavy (non-hydrogen) atoms. The van der Waals surface area contributed by atoms with Gasteiger partial charge >= 0.3 is 0 Å². The fourth-order valence-corrected chi connectivity index (χ4v) is 1.96. The Labute approximate surface area is 91.2 Å². The number of benzene rings is 1. The number of nitrogens with one attached hydrogen (secondary N) is 1. The number of rotatable bonds is 0. The van der Waals surface area contributed by atoms with Crippen molar-refractivity contribution in [1.29, 1.82) is 0 Å². The molecule has 0 aromatic heterocycles. The highest BCUT2D eigenvalue weighted by atomic mass is 79.9. The van der Waals surface area contributed by atoms with Crippen LogP contribution in [0.3, 0.4) is 0 Å². The molecule has 1 aliphatic rings. The number of nitrogens with zero attached hydrogens (tertiary/aromatic N) is 1. The second-order valence-electron chi connectivity index (χ2n) is 3.42. The van der Waals surface area contributed by atoms with Crippen molar-refractivity contribution < 1.29 is 4.79 Å². The Bertz CT molecular complexity index is 392. The van der Waals surface area contributed by atoms with Crippen molar-refractivity contribution in [3.63, 3.8) is 0 Å². The molecule has 1 aromatic carbocycles. The van der Waals surface area contributed by atoms with Gasteiger partial charge in [0.1, 0.15) is 6.04 Å². The zero-order valence-corrected chi connectivity index (χ0v) is 9.63. The van der Waals surface area contributed by atoms with Crippen LogP contribution >= 0.6 is 15.9 Å². The van der Waals surface area contributed by atoms with Gasteiger partial charge in [-0.25, -0.2) is 0 Å². The molecule has 74 valence electrons. The minimum atomic E-state index is -0.145. The molecule has 0 saturated heterocycles. The first-order valence-electron chi connectivity index (χ1n) is 4.43. The minimum absolute atomic E-state index is 0.0931. The van der Waals surface area contributed by atoms with Crippen LogP contribution in [0.1, 0.15) is 6.92 Å². The molecular weight excluding hydrogens is 244 g/mol. The number of carbonyl (C=O) groups excluding carboxylic acids is 1. The summed E-state index contributed by atoms with van der Waals surface area (Å²) in [5, 5.41) is 3.16. The smallest absolute Gasteiger partial charge is 0.248 e. The lowest BCUT2D eigenvalue weighted by molar-refractivity contribution is -0.118. The van der Waals surface area contributed by atoms with E-state index in [-0.39, 0.29) is 11.9 Å². The Hall–Kier alpha value is -1.03. The highest BCUT2D eigenvalue weighted by Crippen LogP contribution is 2.32. The molecule has 1 atom stereocenters. The van der Waals surface area contributed by atoms with E-state index in [1.54, 1.807) is 11.9 Å². The van der Waals surface area contributed by atoms with Gasteiger partial charge in [-0.2, -0.15) is 0 Å². The lowest BCUT2D eigenvalue weighted by Gasteiger charge is -2.31. The molecule has 1 N–H and O–H groups in total. The number of hydrogen-bond acceptors (Lipinski definition) is 2. The first-order chi connectivity index (χ1) is 6.59. The molecule has 0 radical (unpaired) electrons. The Morgan fingerprint density at radius 2 is 2.21 bits per heavy atom. The SMILES string of the molecule is CC1Nc2ccc(Br)cc2N(C)C1=O. The van der Waals surface area contributed by atoms with E-state index in [0.717, 1.165) is 15.8 Å². The lowest BCUT2D eigenvalue weighted by Crippen LogP contribution is -2.43. The van der Waals surface area contributed by atoms with Gasteiger partial charge in [0, 0.05) is 11.5 Å². The quantitative estimate of drug-likeness (QED) is 0.770. The van der Waals surface area contributed by atoms with Crippen molar-refractivity contribution in [2.24, 2.45) is 0 Å². The van der Waals surface area contributed by atoms with Crippen LogP contribution in [0.25, 0.3) is 0 Å². The average Bonchev–Trinajstić information content (AvgIpc) is 2.16. The Morgan fingerprint density at radius 1 is 1.50 bits per heavy atom. The van der Waals surface area contributed by atoms with Crippen molar-refractivity contribution >= 4 is 33.2 Å². The van der Waals surface area contributed by atoms with Gasteiger partial charge in [-0.05, 0) is 25.1 Å². The molecule has 3 nitrogen and oxygen atoms in total. The van der Waals surface area contributed by atoms with Crippen molar-refractivity contribution in [3.8, 4) is 0 Å². The third-order valence-corrected chi connectivity index (χ3v) is 2.89. The van der Waals surface area contributed by atoms with Crippen LogP contribution in [0.2, 0.25) is 0 Å². The summed E-state index contributed by atoms with van der Waals surface area (Å²) in [7, 11) is 1.80. The number of fused-ring (bicyclic) bond motifs is 1. The molecule has 1 aromatic rings. The molecule has 1 heterocycles. The van der Waals surface area contributed by atoms with Gasteiger partial charge in [-0.1, -0.05) is 15.9 Å². The number of hydrogen-bond donors (Lipinski definition) is 1. The largest absolute Gasteiger partial charge is 0.372 e. The van der Waals surface area contributed by atoms with Gasteiger partial charge in [0.05, 0.1) is 11.4 Å². The van der Waals surface area contributed by atoms with Gasteiger partial charge in [-0.15, -0.1) is 0 Å². The fourth-order valence-electron chi connectivity index (χ4n) is 1.61. The van der Waals surface area contributed by atoms with Gasteiger partial charge in [-0.3, -0.25) is 4.79 Å². The summed E-state index contributed by atoms with van der Waals surface area (Å²) >= 11 is 3.39. The van der Waals surface area contributed by atoms with Gasteiger partial charge < -0.3 is 10.2 Å². The summed E-state index contributed by atoms with van der Waals surface area (Å²) in [5.74, 6) is 0.0931. The predicted molar refractivity (Wildman–Crippen MR) is 60.6 cm³/mol. The summed E-state index contributed by atoms with van der Waals surface area (Å²) in [6, 6.07) is 5.72. The van der Waals surface area contributed by atoms with Gasteiger partial charge in [0.15, 0.2) is 0 Å². The zero-order chi connectivity index (χ0) is 10.3. The second kappa shape index (κ2) is 3.28. The highest BCUT2D eigenvalue weighted by Gasteiger charge is 2.26. The van der Waals surface area contributed by atoms with Gasteiger partial charge in [0.25, 0.3) is 0 Å². The molecule has 2 rings (SSSR count). The summed E-state index contributed by atoms with van der Waals surface area (Å²) in [6.45, 7) is 1.86. The molecule has 4 heteroatoms. The first-order valence-corrected chi connectivity index (χ1v) is 5.22. The van der Waals surface area contributed by atoms with E-state index in [0.29, 0.717) is 0 Å². The minimum Gasteiger partial charge on any atom is -0.372 e. The van der Waals surface area contributed by atoms with Crippen molar-refractivity contribution in [2.45, 2.75) is 13.0 Å². The van der Waals surface area contributed by atoms with Crippen LogP contribution in [-0.2, 0) is 4.79 Å². The first kappa shape index (κ1) is 9.52. The molecule has 1 aliphatic heterocycles. The normalized spacial score (nSPS) is 20.4. The fraction of sp³-hybridized carbons (Fsp3) is 0.300. The Morgan fingerprint density at radius 3 is 2.93 bits per heavy atom. The van der Waals surface area contributed by atoms with Crippen LogP contribution in [-0.4, -0.2) is 19.0 Å². The lowest BCUT2D eigenvalue weighted by atomic mass is 10.1. The number of carbonyl (C=O) groups is 1. The molecule has 0 bridgehead atoms. The molecule has 0 aliphatic carbocycles. The average molecular weight is 255 g/mol. The Balaban J connectivity index is 2.51. The Kier molecular flexibility index (Phi) is 2.23. The number of halogens is 1.